The van der Waals surface area contributed by atoms with Crippen LogP contribution in [0.3, 0.4) is 0 Å². The first kappa shape index (κ1) is 19.3. The maximum Gasteiger partial charge on any atom is 0.269 e. The number of carbonyl (C=O) groups is 1. The van der Waals surface area contributed by atoms with Crippen molar-refractivity contribution in [2.75, 3.05) is 5.32 Å². The Morgan fingerprint density at radius 2 is 1.96 bits per heavy atom. The van der Waals surface area contributed by atoms with E-state index in [4.69, 9.17) is 0 Å². The Morgan fingerprint density at radius 1 is 1.22 bits per heavy atom. The highest BCUT2D eigenvalue weighted by atomic mass is 32.2. The monoisotopic (exact) mass is 418 g/mol. The van der Waals surface area contributed by atoms with Crippen LogP contribution in [0.1, 0.15) is 6.92 Å². The third-order valence-corrected chi connectivity index (χ3v) is 6.38. The smallest absolute Gasteiger partial charge is 0.269 e. The summed E-state index contributed by atoms with van der Waals surface area (Å²) in [4.78, 5) is 24.5. The van der Waals surface area contributed by atoms with Crippen molar-refractivity contribution in [3.8, 4) is 0 Å². The molecule has 1 amide bonds. The number of nitro groups is 1. The minimum absolute atomic E-state index is 0.0269. The molecule has 0 saturated carbocycles. The van der Waals surface area contributed by atoms with E-state index in [1.807, 2.05) is 24.3 Å². The summed E-state index contributed by atoms with van der Waals surface area (Å²) >= 11 is 4.22. The van der Waals surface area contributed by atoms with Gasteiger partial charge in [-0.25, -0.2) is 0 Å². The van der Waals surface area contributed by atoms with E-state index in [9.17, 15) is 14.9 Å². The molecule has 0 spiro atoms. The van der Waals surface area contributed by atoms with Crippen LogP contribution >= 0.6 is 34.9 Å². The van der Waals surface area contributed by atoms with Crippen molar-refractivity contribution in [3.05, 3.63) is 64.2 Å². The van der Waals surface area contributed by atoms with Gasteiger partial charge in [-0.1, -0.05) is 35.2 Å². The second-order valence-corrected chi connectivity index (χ2v) is 8.84. The number of aromatic nitrogens is 2. The summed E-state index contributed by atoms with van der Waals surface area (Å²) < 4.78 is 0.796. The van der Waals surface area contributed by atoms with Gasteiger partial charge in [-0.2, -0.15) is 0 Å². The van der Waals surface area contributed by atoms with Crippen molar-refractivity contribution in [3.63, 3.8) is 0 Å². The molecule has 0 aliphatic heterocycles. The normalized spacial score (nSPS) is 11.7. The summed E-state index contributed by atoms with van der Waals surface area (Å²) in [6.45, 7) is 1.79. The van der Waals surface area contributed by atoms with E-state index >= 15 is 0 Å². The van der Waals surface area contributed by atoms with Crippen LogP contribution < -0.4 is 5.32 Å². The number of nitro benzene ring substituents is 1. The minimum atomic E-state index is -0.447. The fourth-order valence-electron chi connectivity index (χ4n) is 2.10. The van der Waals surface area contributed by atoms with Gasteiger partial charge in [0.15, 0.2) is 4.34 Å². The van der Waals surface area contributed by atoms with E-state index in [-0.39, 0.29) is 16.8 Å². The first-order valence-electron chi connectivity index (χ1n) is 7.78. The van der Waals surface area contributed by atoms with Gasteiger partial charge in [-0.15, -0.1) is 22.0 Å². The number of hydrogen-bond acceptors (Lipinski definition) is 8. The van der Waals surface area contributed by atoms with Crippen molar-refractivity contribution < 1.29 is 9.72 Å². The lowest BCUT2D eigenvalue weighted by Crippen LogP contribution is -2.22. The second-order valence-electron chi connectivity index (χ2n) is 5.30. The number of carbonyl (C=O) groups excluding carboxylic acids is 1. The quantitative estimate of drug-likeness (QED) is 0.337. The largest absolute Gasteiger partial charge is 0.324 e. The molecule has 3 rings (SSSR count). The Labute approximate surface area is 167 Å². The average Bonchev–Trinajstić information content (AvgIpc) is 3.17. The molecule has 0 bridgehead atoms. The predicted octanol–water partition coefficient (Wildman–Crippen LogP) is 4.72. The number of nitrogens with one attached hydrogen (secondary N) is 1. The summed E-state index contributed by atoms with van der Waals surface area (Å²) in [6.07, 6.45) is 0. The van der Waals surface area contributed by atoms with E-state index in [1.165, 1.54) is 47.0 Å². The van der Waals surface area contributed by atoms with Crippen LogP contribution in [0.15, 0.2) is 68.2 Å². The highest BCUT2D eigenvalue weighted by Gasteiger charge is 2.17. The first-order valence-corrected chi connectivity index (χ1v) is 10.4. The molecule has 10 heteroatoms. The highest BCUT2D eigenvalue weighted by Crippen LogP contribution is 2.34. The lowest BCUT2D eigenvalue weighted by atomic mass is 10.3. The van der Waals surface area contributed by atoms with Crippen LogP contribution in [-0.4, -0.2) is 26.3 Å². The SMILES string of the molecule is C[C@@H](Sc1ccc([N+](=O)[O-])cc1)C(=O)Nc1ccccc1Sc1nncs1. The molecule has 0 radical (unpaired) electrons. The summed E-state index contributed by atoms with van der Waals surface area (Å²) in [5.74, 6) is -0.149. The second kappa shape index (κ2) is 8.98. The van der Waals surface area contributed by atoms with E-state index < -0.39 is 4.92 Å². The fourth-order valence-corrected chi connectivity index (χ4v) is 4.49. The molecule has 1 aromatic heterocycles. The van der Waals surface area contributed by atoms with Gasteiger partial charge in [0.2, 0.25) is 5.91 Å². The van der Waals surface area contributed by atoms with Crippen LogP contribution in [0.2, 0.25) is 0 Å². The zero-order valence-corrected chi connectivity index (χ0v) is 16.5. The van der Waals surface area contributed by atoms with Gasteiger partial charge < -0.3 is 5.32 Å². The van der Waals surface area contributed by atoms with Crippen LogP contribution in [0.4, 0.5) is 11.4 Å². The van der Waals surface area contributed by atoms with Gasteiger partial charge in [0, 0.05) is 21.9 Å². The van der Waals surface area contributed by atoms with E-state index in [0.29, 0.717) is 5.69 Å². The van der Waals surface area contributed by atoms with Crippen LogP contribution in [0.25, 0.3) is 0 Å². The lowest BCUT2D eigenvalue weighted by Gasteiger charge is -2.14. The van der Waals surface area contributed by atoms with E-state index in [1.54, 1.807) is 24.6 Å². The standard InChI is InChI=1S/C17H14N4O3S3/c1-11(26-13-8-6-12(7-9-13)21(23)24)16(22)19-14-4-2-3-5-15(14)27-17-20-18-10-25-17/h2-11H,1H3,(H,19,22)/t11-/m1/s1. The number of anilines is 1. The molecule has 1 heterocycles. The topological polar surface area (TPSA) is 98.0 Å². The Bertz CT molecular complexity index is 933. The number of para-hydroxylation sites is 1. The van der Waals surface area contributed by atoms with E-state index in [2.05, 4.69) is 15.5 Å². The van der Waals surface area contributed by atoms with Gasteiger partial charge in [0.1, 0.15) is 5.51 Å². The zero-order chi connectivity index (χ0) is 19.2. The molecular weight excluding hydrogens is 404 g/mol. The van der Waals surface area contributed by atoms with Gasteiger partial charge in [0.25, 0.3) is 5.69 Å². The number of benzene rings is 2. The maximum atomic E-state index is 12.6. The number of nitrogens with zero attached hydrogens (tertiary/aromatic N) is 3. The number of amides is 1. The Hall–Kier alpha value is -2.43. The molecule has 0 saturated heterocycles. The lowest BCUT2D eigenvalue weighted by molar-refractivity contribution is -0.384. The molecule has 0 fully saturated rings. The Balaban J connectivity index is 1.65. The average molecular weight is 419 g/mol. The predicted molar refractivity (Wildman–Crippen MR) is 108 cm³/mol. The minimum Gasteiger partial charge on any atom is -0.324 e. The number of thioether (sulfide) groups is 1. The van der Waals surface area contributed by atoms with Gasteiger partial charge >= 0.3 is 0 Å². The molecule has 3 aromatic rings. The molecule has 0 aliphatic rings. The van der Waals surface area contributed by atoms with Crippen molar-refractivity contribution in [2.45, 2.75) is 26.3 Å². The summed E-state index contributed by atoms with van der Waals surface area (Å²) in [5, 5.41) is 21.1. The molecule has 0 unspecified atom stereocenters. The van der Waals surface area contributed by atoms with Crippen LogP contribution in [-0.2, 0) is 4.79 Å². The van der Waals surface area contributed by atoms with Crippen molar-refractivity contribution in [1.82, 2.24) is 10.2 Å². The Morgan fingerprint density at radius 3 is 2.63 bits per heavy atom. The summed E-state index contributed by atoms with van der Waals surface area (Å²) in [7, 11) is 0. The molecule has 1 atom stereocenters. The summed E-state index contributed by atoms with van der Waals surface area (Å²) in [6, 6.07) is 13.7. The third-order valence-electron chi connectivity index (χ3n) is 3.41. The van der Waals surface area contributed by atoms with Gasteiger partial charge in [-0.3, -0.25) is 14.9 Å². The number of non-ortho nitro benzene ring substituents is 1. The molecule has 2 aromatic carbocycles. The van der Waals surface area contributed by atoms with Crippen molar-refractivity contribution in [1.29, 1.82) is 0 Å². The van der Waals surface area contributed by atoms with E-state index in [0.717, 1.165) is 14.1 Å². The molecule has 7 nitrogen and oxygen atoms in total. The molecule has 138 valence electrons. The maximum absolute atomic E-state index is 12.6. The van der Waals surface area contributed by atoms with Gasteiger partial charge in [0.05, 0.1) is 15.9 Å². The third kappa shape index (κ3) is 5.28. The number of rotatable bonds is 7. The van der Waals surface area contributed by atoms with Gasteiger partial charge in [-0.05, 0) is 31.2 Å². The first-order chi connectivity index (χ1) is 13.0. The van der Waals surface area contributed by atoms with Crippen molar-refractivity contribution >= 4 is 52.1 Å². The van der Waals surface area contributed by atoms with Crippen LogP contribution in [0, 0.1) is 10.1 Å². The molecule has 1 N–H and O–H groups in total. The fraction of sp³-hybridized carbons (Fsp3) is 0.118. The molecule has 27 heavy (non-hydrogen) atoms. The number of hydrogen-bond donors (Lipinski definition) is 1. The highest BCUT2D eigenvalue weighted by molar-refractivity contribution is 8.01. The van der Waals surface area contributed by atoms with Crippen LogP contribution in [0.5, 0.6) is 0 Å². The van der Waals surface area contributed by atoms with Crippen molar-refractivity contribution in [2.24, 2.45) is 0 Å². The molecular formula is C17H14N4O3S3. The Kier molecular flexibility index (Phi) is 6.43. The molecule has 0 aliphatic carbocycles. The zero-order valence-electron chi connectivity index (χ0n) is 14.1. The summed E-state index contributed by atoms with van der Waals surface area (Å²) in [5.41, 5.74) is 2.39.